The first kappa shape index (κ1) is 13.2. The molecule has 0 bridgehead atoms. The molecule has 0 unspecified atom stereocenters. The average Bonchev–Trinajstić information content (AvgIpc) is 2.11. The number of rotatable bonds is 4. The fourth-order valence-electron chi connectivity index (χ4n) is 1.71. The number of nitrogens with one attached hydrogen (secondary N) is 1. The van der Waals surface area contributed by atoms with Crippen molar-refractivity contribution in [2.24, 2.45) is 0 Å². The van der Waals surface area contributed by atoms with Gasteiger partial charge >= 0.3 is 0 Å². The van der Waals surface area contributed by atoms with E-state index in [1.165, 1.54) is 22.3 Å². The molecule has 0 fully saturated rings. The second-order valence-electron chi connectivity index (χ2n) is 5.28. The van der Waals surface area contributed by atoms with Crippen molar-refractivity contribution >= 4 is 0 Å². The minimum absolute atomic E-state index is 0.610. The zero-order valence-electron chi connectivity index (χ0n) is 11.0. The highest BCUT2D eigenvalue weighted by Crippen LogP contribution is 2.15. The van der Waals surface area contributed by atoms with Gasteiger partial charge in [0.25, 0.3) is 0 Å². The summed E-state index contributed by atoms with van der Waals surface area (Å²) in [6.07, 6.45) is 0. The molecular weight excluding hydrogens is 198 g/mol. The predicted octanol–water partition coefficient (Wildman–Crippen LogP) is 2.47. The van der Waals surface area contributed by atoms with Crippen molar-refractivity contribution in [2.45, 2.75) is 46.8 Å². The van der Waals surface area contributed by atoms with Gasteiger partial charge in [0, 0.05) is 13.1 Å². The fraction of sp³-hybridized carbons (Fsp3) is 0.571. The first-order valence-electron chi connectivity index (χ1n) is 5.79. The monoisotopic (exact) mass is 221 g/mol. The third kappa shape index (κ3) is 3.95. The molecule has 0 aromatic heterocycles. The van der Waals surface area contributed by atoms with Gasteiger partial charge in [-0.05, 0) is 56.9 Å². The van der Waals surface area contributed by atoms with E-state index in [2.05, 4.69) is 38.2 Å². The Labute approximate surface area is 98.7 Å². The minimum Gasteiger partial charge on any atom is -0.389 e. The second-order valence-corrected chi connectivity index (χ2v) is 5.28. The van der Waals surface area contributed by atoms with E-state index < -0.39 is 5.60 Å². The predicted molar refractivity (Wildman–Crippen MR) is 68.7 cm³/mol. The van der Waals surface area contributed by atoms with Crippen LogP contribution < -0.4 is 5.32 Å². The van der Waals surface area contributed by atoms with Crippen molar-refractivity contribution in [1.82, 2.24) is 5.32 Å². The van der Waals surface area contributed by atoms with Crippen LogP contribution in [-0.4, -0.2) is 17.3 Å². The van der Waals surface area contributed by atoms with Crippen molar-refractivity contribution in [3.05, 3.63) is 34.4 Å². The van der Waals surface area contributed by atoms with E-state index in [1.54, 1.807) is 0 Å². The first-order chi connectivity index (χ1) is 7.29. The Morgan fingerprint density at radius 2 is 1.62 bits per heavy atom. The van der Waals surface area contributed by atoms with Crippen molar-refractivity contribution in [1.29, 1.82) is 0 Å². The van der Waals surface area contributed by atoms with Crippen LogP contribution in [0.1, 0.15) is 36.1 Å². The Kier molecular flexibility index (Phi) is 4.11. The van der Waals surface area contributed by atoms with Crippen LogP contribution in [0.4, 0.5) is 0 Å². The van der Waals surface area contributed by atoms with Crippen LogP contribution in [0, 0.1) is 20.8 Å². The van der Waals surface area contributed by atoms with Crippen molar-refractivity contribution in [2.75, 3.05) is 6.54 Å². The fourth-order valence-corrected chi connectivity index (χ4v) is 1.71. The molecule has 90 valence electrons. The van der Waals surface area contributed by atoms with Crippen LogP contribution in [0.2, 0.25) is 0 Å². The summed E-state index contributed by atoms with van der Waals surface area (Å²) in [7, 11) is 0. The maximum absolute atomic E-state index is 9.60. The minimum atomic E-state index is -0.645. The Morgan fingerprint density at radius 3 is 2.19 bits per heavy atom. The molecule has 2 nitrogen and oxygen atoms in total. The Hall–Kier alpha value is -0.860. The maximum atomic E-state index is 9.60. The van der Waals surface area contributed by atoms with Gasteiger partial charge in [0.05, 0.1) is 5.60 Å². The highest BCUT2D eigenvalue weighted by molar-refractivity contribution is 5.36. The molecule has 0 aliphatic rings. The standard InChI is InChI=1S/C14H23NO/c1-10-6-12(3)13(7-11(10)2)8-15-9-14(4,5)16/h6-7,15-16H,8-9H2,1-5H3. The van der Waals surface area contributed by atoms with Crippen molar-refractivity contribution in [3.8, 4) is 0 Å². The lowest BCUT2D eigenvalue weighted by atomic mass is 10.0. The van der Waals surface area contributed by atoms with Gasteiger partial charge in [0.2, 0.25) is 0 Å². The lowest BCUT2D eigenvalue weighted by molar-refractivity contribution is 0.0795. The molecule has 0 aliphatic heterocycles. The average molecular weight is 221 g/mol. The van der Waals surface area contributed by atoms with E-state index >= 15 is 0 Å². The van der Waals surface area contributed by atoms with Crippen LogP contribution in [0.25, 0.3) is 0 Å². The zero-order chi connectivity index (χ0) is 12.3. The van der Waals surface area contributed by atoms with Crippen molar-refractivity contribution < 1.29 is 5.11 Å². The first-order valence-corrected chi connectivity index (χ1v) is 5.79. The molecule has 0 atom stereocenters. The van der Waals surface area contributed by atoms with Gasteiger partial charge in [0.1, 0.15) is 0 Å². The van der Waals surface area contributed by atoms with Crippen LogP contribution in [0.15, 0.2) is 12.1 Å². The van der Waals surface area contributed by atoms with Gasteiger partial charge < -0.3 is 10.4 Å². The third-order valence-electron chi connectivity index (χ3n) is 2.83. The smallest absolute Gasteiger partial charge is 0.0715 e. The third-order valence-corrected chi connectivity index (χ3v) is 2.83. The second kappa shape index (κ2) is 4.98. The maximum Gasteiger partial charge on any atom is 0.0715 e. The highest BCUT2D eigenvalue weighted by atomic mass is 16.3. The van der Waals surface area contributed by atoms with E-state index in [0.29, 0.717) is 6.54 Å². The van der Waals surface area contributed by atoms with E-state index in [4.69, 9.17) is 0 Å². The summed E-state index contributed by atoms with van der Waals surface area (Å²) in [5, 5.41) is 12.9. The number of aliphatic hydroxyl groups is 1. The molecule has 0 saturated heterocycles. The molecule has 1 aromatic rings. The Balaban J connectivity index is 2.64. The molecule has 0 radical (unpaired) electrons. The quantitative estimate of drug-likeness (QED) is 0.818. The molecule has 0 saturated carbocycles. The van der Waals surface area contributed by atoms with E-state index in [-0.39, 0.29) is 0 Å². The topological polar surface area (TPSA) is 32.3 Å². The SMILES string of the molecule is Cc1cc(C)c(CNCC(C)(C)O)cc1C. The lowest BCUT2D eigenvalue weighted by Crippen LogP contribution is -2.34. The summed E-state index contributed by atoms with van der Waals surface area (Å²) in [5.41, 5.74) is 4.64. The van der Waals surface area contributed by atoms with Crippen LogP contribution >= 0.6 is 0 Å². The normalized spacial score (nSPS) is 11.9. The van der Waals surface area contributed by atoms with Crippen LogP contribution in [0.3, 0.4) is 0 Å². The summed E-state index contributed by atoms with van der Waals surface area (Å²) in [5.74, 6) is 0. The molecular formula is C14H23NO. The van der Waals surface area contributed by atoms with E-state index in [0.717, 1.165) is 6.54 Å². The largest absolute Gasteiger partial charge is 0.389 e. The zero-order valence-corrected chi connectivity index (χ0v) is 11.0. The molecule has 2 N–H and O–H groups in total. The molecule has 2 heteroatoms. The van der Waals surface area contributed by atoms with E-state index in [9.17, 15) is 5.11 Å². The van der Waals surface area contributed by atoms with Gasteiger partial charge in [-0.25, -0.2) is 0 Å². The summed E-state index contributed by atoms with van der Waals surface area (Å²) in [6.45, 7) is 11.5. The molecule has 1 aromatic carbocycles. The lowest BCUT2D eigenvalue weighted by Gasteiger charge is -2.18. The number of aryl methyl sites for hydroxylation is 3. The molecule has 0 amide bonds. The Morgan fingerprint density at radius 1 is 1.06 bits per heavy atom. The van der Waals surface area contributed by atoms with Gasteiger partial charge in [-0.2, -0.15) is 0 Å². The number of hydrogen-bond donors (Lipinski definition) is 2. The van der Waals surface area contributed by atoms with Crippen LogP contribution in [-0.2, 0) is 6.54 Å². The van der Waals surface area contributed by atoms with Crippen LogP contribution in [0.5, 0.6) is 0 Å². The van der Waals surface area contributed by atoms with Gasteiger partial charge in [0.15, 0.2) is 0 Å². The molecule has 0 aliphatic carbocycles. The Bertz CT molecular complexity index is 364. The summed E-state index contributed by atoms with van der Waals surface area (Å²) in [6, 6.07) is 4.44. The summed E-state index contributed by atoms with van der Waals surface area (Å²) >= 11 is 0. The van der Waals surface area contributed by atoms with E-state index in [1.807, 2.05) is 13.8 Å². The highest BCUT2D eigenvalue weighted by Gasteiger charge is 2.11. The number of benzene rings is 1. The molecule has 0 spiro atoms. The van der Waals surface area contributed by atoms with Gasteiger partial charge in [-0.1, -0.05) is 12.1 Å². The summed E-state index contributed by atoms with van der Waals surface area (Å²) < 4.78 is 0. The van der Waals surface area contributed by atoms with Gasteiger partial charge in [-0.15, -0.1) is 0 Å². The number of hydrogen-bond acceptors (Lipinski definition) is 2. The summed E-state index contributed by atoms with van der Waals surface area (Å²) in [4.78, 5) is 0. The van der Waals surface area contributed by atoms with Crippen molar-refractivity contribution in [3.63, 3.8) is 0 Å². The van der Waals surface area contributed by atoms with Gasteiger partial charge in [-0.3, -0.25) is 0 Å². The molecule has 1 rings (SSSR count). The molecule has 16 heavy (non-hydrogen) atoms. The molecule has 0 heterocycles.